The van der Waals surface area contributed by atoms with Crippen LogP contribution in [0.15, 0.2) is 41.3 Å². The van der Waals surface area contributed by atoms with E-state index in [0.717, 1.165) is 5.56 Å². The molecule has 1 fully saturated rings. The average molecular weight is 447 g/mol. The van der Waals surface area contributed by atoms with Gasteiger partial charge in [-0.05, 0) is 55.7 Å². The van der Waals surface area contributed by atoms with Crippen molar-refractivity contribution in [3.05, 3.63) is 42.0 Å². The zero-order valence-electron chi connectivity index (χ0n) is 17.6. The summed E-state index contributed by atoms with van der Waals surface area (Å²) in [6.07, 6.45) is 1.25. The van der Waals surface area contributed by atoms with E-state index in [1.54, 1.807) is 50.4 Å². The zero-order valence-corrected chi connectivity index (χ0v) is 18.4. The highest BCUT2D eigenvalue weighted by molar-refractivity contribution is 7.89. The molecule has 0 aliphatic carbocycles. The topological polar surface area (TPSA) is 94.2 Å². The van der Waals surface area contributed by atoms with Gasteiger partial charge in [-0.1, -0.05) is 0 Å². The fourth-order valence-electron chi connectivity index (χ4n) is 3.90. The van der Waals surface area contributed by atoms with Gasteiger partial charge in [0, 0.05) is 24.8 Å². The number of sulfonamides is 1. The summed E-state index contributed by atoms with van der Waals surface area (Å²) in [5.41, 5.74) is 1.34. The highest BCUT2D eigenvalue weighted by atomic mass is 32.2. The number of benzene rings is 2. The Labute approximate surface area is 182 Å². The molecule has 0 unspecified atom stereocenters. The summed E-state index contributed by atoms with van der Waals surface area (Å²) in [7, 11) is -2.15. The van der Waals surface area contributed by atoms with Gasteiger partial charge in [0.05, 0.1) is 17.9 Å². The third-order valence-corrected chi connectivity index (χ3v) is 7.43. The monoisotopic (exact) mass is 446 g/mol. The molecule has 0 spiro atoms. The second-order valence-corrected chi connectivity index (χ2v) is 9.62. The van der Waals surface area contributed by atoms with Crippen LogP contribution in [0.2, 0.25) is 0 Å². The maximum Gasteiger partial charge on any atom is 0.243 e. The molecule has 1 saturated heterocycles. The van der Waals surface area contributed by atoms with Crippen molar-refractivity contribution in [3.8, 4) is 17.2 Å². The average Bonchev–Trinajstić information content (AvgIpc) is 2.79. The lowest BCUT2D eigenvalue weighted by atomic mass is 9.98. The van der Waals surface area contributed by atoms with Crippen LogP contribution in [-0.2, 0) is 14.8 Å². The molecule has 1 N–H and O–H groups in total. The van der Waals surface area contributed by atoms with E-state index in [0.29, 0.717) is 55.5 Å². The van der Waals surface area contributed by atoms with E-state index in [1.807, 2.05) is 0 Å². The molecule has 0 saturated carbocycles. The van der Waals surface area contributed by atoms with Gasteiger partial charge in [-0.2, -0.15) is 4.31 Å². The number of carbonyl (C=O) groups excluding carboxylic acids is 1. The van der Waals surface area contributed by atoms with Crippen LogP contribution in [0.25, 0.3) is 0 Å². The first-order valence-corrected chi connectivity index (χ1v) is 11.7. The number of rotatable bonds is 5. The number of piperidine rings is 1. The van der Waals surface area contributed by atoms with Crippen molar-refractivity contribution in [1.29, 1.82) is 0 Å². The Balaban J connectivity index is 1.46. The minimum absolute atomic E-state index is 0.143. The summed E-state index contributed by atoms with van der Waals surface area (Å²) < 4.78 is 44.0. The van der Waals surface area contributed by atoms with Crippen molar-refractivity contribution in [2.45, 2.75) is 24.7 Å². The molecular formula is C22H26N2O6S. The van der Waals surface area contributed by atoms with Gasteiger partial charge in [0.25, 0.3) is 0 Å². The number of nitrogens with one attached hydrogen (secondary N) is 1. The second-order valence-electron chi connectivity index (χ2n) is 7.68. The molecule has 2 aromatic carbocycles. The van der Waals surface area contributed by atoms with Crippen LogP contribution >= 0.6 is 0 Å². The van der Waals surface area contributed by atoms with Crippen LogP contribution < -0.4 is 19.5 Å². The lowest BCUT2D eigenvalue weighted by Crippen LogP contribution is -2.43. The molecule has 0 radical (unpaired) electrons. The van der Waals surface area contributed by atoms with Gasteiger partial charge in [0.2, 0.25) is 15.9 Å². The number of hydrogen-bond acceptors (Lipinski definition) is 6. The van der Waals surface area contributed by atoms with Crippen LogP contribution in [-0.4, -0.2) is 52.0 Å². The molecule has 1 amide bonds. The van der Waals surface area contributed by atoms with Crippen molar-refractivity contribution in [3.63, 3.8) is 0 Å². The molecule has 2 heterocycles. The van der Waals surface area contributed by atoms with Crippen LogP contribution in [0.1, 0.15) is 18.4 Å². The van der Waals surface area contributed by atoms with Gasteiger partial charge in [-0.15, -0.1) is 0 Å². The molecular weight excluding hydrogens is 420 g/mol. The van der Waals surface area contributed by atoms with Crippen molar-refractivity contribution >= 4 is 21.6 Å². The highest BCUT2D eigenvalue weighted by Gasteiger charge is 2.33. The Hall–Kier alpha value is -2.78. The lowest BCUT2D eigenvalue weighted by Gasteiger charge is -2.31. The van der Waals surface area contributed by atoms with E-state index in [9.17, 15) is 13.2 Å². The van der Waals surface area contributed by atoms with Crippen LogP contribution in [0, 0.1) is 12.8 Å². The fraction of sp³-hybridized carbons (Fsp3) is 0.409. The molecule has 4 rings (SSSR count). The molecule has 0 bridgehead atoms. The van der Waals surface area contributed by atoms with E-state index in [1.165, 1.54) is 4.31 Å². The lowest BCUT2D eigenvalue weighted by molar-refractivity contribution is -0.120. The summed E-state index contributed by atoms with van der Waals surface area (Å²) in [6, 6.07) is 10.0. The number of aryl methyl sites for hydroxylation is 1. The first kappa shape index (κ1) is 21.5. The predicted octanol–water partition coefficient (Wildman–Crippen LogP) is 2.81. The third kappa shape index (κ3) is 4.47. The van der Waals surface area contributed by atoms with Crippen molar-refractivity contribution in [1.82, 2.24) is 4.31 Å². The van der Waals surface area contributed by atoms with Crippen LogP contribution in [0.4, 0.5) is 5.69 Å². The summed E-state index contributed by atoms with van der Waals surface area (Å²) in [6.45, 7) is 3.30. The maximum atomic E-state index is 13.1. The van der Waals surface area contributed by atoms with Gasteiger partial charge < -0.3 is 19.5 Å². The zero-order chi connectivity index (χ0) is 22.0. The van der Waals surface area contributed by atoms with Gasteiger partial charge in [-0.3, -0.25) is 4.79 Å². The molecule has 8 nitrogen and oxygen atoms in total. The minimum Gasteiger partial charge on any atom is -0.496 e. The standard InChI is InChI=1S/C22H26N2O6S/c1-15-12-18(6-8-19(15)28-2)31(26,27)24-9-3-4-16(14-24)22(25)23-17-5-7-20-21(13-17)30-11-10-29-20/h5-8,12-13,16H,3-4,9-11,14H2,1-2H3,(H,23,25)/t16-/m0/s1. The minimum atomic E-state index is -3.70. The first-order valence-electron chi connectivity index (χ1n) is 10.2. The van der Waals surface area contributed by atoms with Crippen molar-refractivity contribution < 1.29 is 27.4 Å². The Bertz CT molecular complexity index is 1090. The largest absolute Gasteiger partial charge is 0.496 e. The molecule has 2 aromatic rings. The number of anilines is 1. The number of carbonyl (C=O) groups is 1. The predicted molar refractivity (Wildman–Crippen MR) is 115 cm³/mol. The van der Waals surface area contributed by atoms with Crippen molar-refractivity contribution in [2.75, 3.05) is 38.7 Å². The van der Waals surface area contributed by atoms with Gasteiger partial charge >= 0.3 is 0 Å². The molecule has 1 atom stereocenters. The van der Waals surface area contributed by atoms with Crippen LogP contribution in [0.5, 0.6) is 17.2 Å². The Kier molecular flexibility index (Phi) is 6.06. The third-order valence-electron chi connectivity index (χ3n) is 5.57. The van der Waals surface area contributed by atoms with Gasteiger partial charge in [0.15, 0.2) is 11.5 Å². The highest BCUT2D eigenvalue weighted by Crippen LogP contribution is 2.33. The Morgan fingerprint density at radius 2 is 1.90 bits per heavy atom. The SMILES string of the molecule is COc1ccc(S(=O)(=O)N2CCC[C@H](C(=O)Nc3ccc4c(c3)OCCO4)C2)cc1C. The summed E-state index contributed by atoms with van der Waals surface area (Å²) in [5.74, 6) is 1.23. The van der Waals surface area contributed by atoms with E-state index in [4.69, 9.17) is 14.2 Å². The summed E-state index contributed by atoms with van der Waals surface area (Å²) in [5, 5.41) is 2.89. The number of fused-ring (bicyclic) bond motifs is 1. The number of hydrogen-bond donors (Lipinski definition) is 1. The van der Waals surface area contributed by atoms with Gasteiger partial charge in [-0.25, -0.2) is 8.42 Å². The molecule has 31 heavy (non-hydrogen) atoms. The van der Waals surface area contributed by atoms with Crippen molar-refractivity contribution in [2.24, 2.45) is 5.92 Å². The Morgan fingerprint density at radius 3 is 2.65 bits per heavy atom. The quantitative estimate of drug-likeness (QED) is 0.759. The number of nitrogens with zero attached hydrogens (tertiary/aromatic N) is 1. The smallest absolute Gasteiger partial charge is 0.243 e. The number of methoxy groups -OCH3 is 1. The fourth-order valence-corrected chi connectivity index (χ4v) is 5.51. The van der Waals surface area contributed by atoms with E-state index in [2.05, 4.69) is 5.32 Å². The molecule has 0 aromatic heterocycles. The van der Waals surface area contributed by atoms with E-state index in [-0.39, 0.29) is 17.3 Å². The Morgan fingerprint density at radius 1 is 1.13 bits per heavy atom. The second kappa shape index (κ2) is 8.76. The molecule has 9 heteroatoms. The molecule has 2 aliphatic heterocycles. The molecule has 2 aliphatic rings. The number of amides is 1. The van der Waals surface area contributed by atoms with Crippen LogP contribution in [0.3, 0.4) is 0 Å². The van der Waals surface area contributed by atoms with E-state index >= 15 is 0 Å². The summed E-state index contributed by atoms with van der Waals surface area (Å²) in [4.78, 5) is 13.1. The number of ether oxygens (including phenoxy) is 3. The van der Waals surface area contributed by atoms with Gasteiger partial charge in [0.1, 0.15) is 19.0 Å². The first-order chi connectivity index (χ1) is 14.9. The molecule has 166 valence electrons. The van der Waals surface area contributed by atoms with E-state index < -0.39 is 15.9 Å². The summed E-state index contributed by atoms with van der Waals surface area (Å²) >= 11 is 0. The normalized spacial score (nSPS) is 19.0. The maximum absolute atomic E-state index is 13.1.